The van der Waals surface area contributed by atoms with Crippen molar-refractivity contribution in [1.29, 1.82) is 0 Å². The SMILES string of the molecule is O=C(O)C=CCCCCCCCO.O=C(O)C=CCCCCCCCO.[Zn]. The molecule has 0 saturated heterocycles. The topological polar surface area (TPSA) is 115 Å². The van der Waals surface area contributed by atoms with Gasteiger partial charge in [0, 0.05) is 44.8 Å². The van der Waals surface area contributed by atoms with Gasteiger partial charge in [-0.15, -0.1) is 0 Å². The Morgan fingerprint density at radius 2 is 0.852 bits per heavy atom. The number of carboxylic acid groups (broad SMARTS) is 2. The number of aliphatic hydroxyl groups excluding tert-OH is 2. The molecule has 4 N–H and O–H groups in total. The predicted molar refractivity (Wildman–Crippen MR) is 103 cm³/mol. The molecule has 0 bridgehead atoms. The van der Waals surface area contributed by atoms with Gasteiger partial charge in [-0.05, 0) is 38.5 Å². The van der Waals surface area contributed by atoms with E-state index in [1.54, 1.807) is 12.2 Å². The smallest absolute Gasteiger partial charge is 0.327 e. The molecule has 0 heterocycles. The zero-order chi connectivity index (χ0) is 19.9. The minimum absolute atomic E-state index is 0. The molecule has 0 aromatic carbocycles. The van der Waals surface area contributed by atoms with Crippen LogP contribution in [0.2, 0.25) is 0 Å². The number of carbonyl (C=O) groups is 2. The molecule has 0 unspecified atom stereocenters. The van der Waals surface area contributed by atoms with Gasteiger partial charge < -0.3 is 20.4 Å². The molecular weight excluding hydrogens is 402 g/mol. The maximum Gasteiger partial charge on any atom is 0.327 e. The normalized spacial score (nSPS) is 10.4. The fraction of sp³-hybridized carbons (Fsp3) is 0.700. The van der Waals surface area contributed by atoms with E-state index in [1.165, 1.54) is 12.2 Å². The maximum absolute atomic E-state index is 10.1. The number of carboxylic acids is 2. The molecular formula is C20H36O6Zn. The Labute approximate surface area is 176 Å². The number of rotatable bonds is 16. The molecule has 27 heavy (non-hydrogen) atoms. The quantitative estimate of drug-likeness (QED) is 0.165. The number of allylic oxidation sites excluding steroid dienone is 2. The molecule has 0 saturated carbocycles. The van der Waals surface area contributed by atoms with Crippen molar-refractivity contribution in [2.45, 2.75) is 77.0 Å². The van der Waals surface area contributed by atoms with Gasteiger partial charge in [0.15, 0.2) is 0 Å². The van der Waals surface area contributed by atoms with E-state index < -0.39 is 11.9 Å². The van der Waals surface area contributed by atoms with Gasteiger partial charge in [-0.3, -0.25) is 0 Å². The summed E-state index contributed by atoms with van der Waals surface area (Å²) in [6, 6.07) is 0. The standard InChI is InChI=1S/2C10H18O3.Zn/c2*11-9-7-5-3-1-2-4-6-8-10(12)13;/h2*6,8,11H,1-5,7,9H2,(H,12,13);. The number of hydrogen-bond donors (Lipinski definition) is 4. The number of hydrogen-bond acceptors (Lipinski definition) is 4. The molecule has 7 heteroatoms. The van der Waals surface area contributed by atoms with Crippen LogP contribution in [0.4, 0.5) is 0 Å². The molecule has 0 amide bonds. The van der Waals surface area contributed by atoms with Crippen LogP contribution < -0.4 is 0 Å². The summed E-state index contributed by atoms with van der Waals surface area (Å²) in [4.78, 5) is 20.1. The van der Waals surface area contributed by atoms with Gasteiger partial charge in [0.2, 0.25) is 0 Å². The summed E-state index contributed by atoms with van der Waals surface area (Å²) in [6.45, 7) is 0.553. The largest absolute Gasteiger partial charge is 0.478 e. The molecule has 154 valence electrons. The summed E-state index contributed by atoms with van der Waals surface area (Å²) in [6.07, 6.45) is 17.9. The first-order valence-corrected chi connectivity index (χ1v) is 9.55. The van der Waals surface area contributed by atoms with Gasteiger partial charge in [-0.25, -0.2) is 9.59 Å². The fourth-order valence-corrected chi connectivity index (χ4v) is 2.18. The summed E-state index contributed by atoms with van der Waals surface area (Å²) >= 11 is 0. The zero-order valence-electron chi connectivity index (χ0n) is 16.5. The fourth-order valence-electron chi connectivity index (χ4n) is 2.18. The van der Waals surface area contributed by atoms with Crippen molar-refractivity contribution < 1.29 is 49.5 Å². The Bertz CT molecular complexity index is 347. The second kappa shape index (κ2) is 27.2. The Hall–Kier alpha value is -1.04. The third-order valence-electron chi connectivity index (χ3n) is 3.58. The number of aliphatic carboxylic acids is 2. The Morgan fingerprint density at radius 1 is 0.556 bits per heavy atom. The molecule has 0 radical (unpaired) electrons. The van der Waals surface area contributed by atoms with E-state index in [0.29, 0.717) is 0 Å². The Morgan fingerprint density at radius 3 is 1.15 bits per heavy atom. The van der Waals surface area contributed by atoms with E-state index in [0.717, 1.165) is 77.0 Å². The molecule has 0 aliphatic rings. The molecule has 0 atom stereocenters. The van der Waals surface area contributed by atoms with E-state index in [9.17, 15) is 9.59 Å². The molecule has 0 aliphatic heterocycles. The van der Waals surface area contributed by atoms with Crippen molar-refractivity contribution in [3.63, 3.8) is 0 Å². The molecule has 0 fully saturated rings. The van der Waals surface area contributed by atoms with E-state index >= 15 is 0 Å². The average Bonchev–Trinajstić information content (AvgIpc) is 2.60. The van der Waals surface area contributed by atoms with Crippen LogP contribution in [0.3, 0.4) is 0 Å². The number of unbranched alkanes of at least 4 members (excludes halogenated alkanes) is 10. The Balaban J connectivity index is -0.000000411. The third kappa shape index (κ3) is 36.6. The Kier molecular flexibility index (Phi) is 30.9. The second-order valence-corrected chi connectivity index (χ2v) is 6.04. The van der Waals surface area contributed by atoms with Crippen LogP contribution in [0.15, 0.2) is 24.3 Å². The summed E-state index contributed by atoms with van der Waals surface area (Å²) < 4.78 is 0. The van der Waals surface area contributed by atoms with Crippen LogP contribution in [0, 0.1) is 0 Å². The van der Waals surface area contributed by atoms with Crippen molar-refractivity contribution in [1.82, 2.24) is 0 Å². The molecule has 0 rings (SSSR count). The van der Waals surface area contributed by atoms with Crippen LogP contribution in [0.5, 0.6) is 0 Å². The van der Waals surface area contributed by atoms with Crippen LogP contribution in [0.1, 0.15) is 77.0 Å². The van der Waals surface area contributed by atoms with E-state index in [-0.39, 0.29) is 32.7 Å². The van der Waals surface area contributed by atoms with Crippen molar-refractivity contribution >= 4 is 11.9 Å². The average molecular weight is 438 g/mol. The van der Waals surface area contributed by atoms with Gasteiger partial charge in [0.1, 0.15) is 0 Å². The van der Waals surface area contributed by atoms with Crippen LogP contribution >= 0.6 is 0 Å². The van der Waals surface area contributed by atoms with E-state index in [4.69, 9.17) is 20.4 Å². The molecule has 6 nitrogen and oxygen atoms in total. The van der Waals surface area contributed by atoms with E-state index in [1.807, 2.05) is 0 Å². The minimum Gasteiger partial charge on any atom is -0.478 e. The summed E-state index contributed by atoms with van der Waals surface area (Å²) in [5.74, 6) is -1.75. The van der Waals surface area contributed by atoms with Crippen molar-refractivity contribution in [2.24, 2.45) is 0 Å². The van der Waals surface area contributed by atoms with Gasteiger partial charge in [-0.2, -0.15) is 0 Å². The first-order valence-electron chi connectivity index (χ1n) is 9.55. The van der Waals surface area contributed by atoms with Crippen LogP contribution in [-0.2, 0) is 29.1 Å². The van der Waals surface area contributed by atoms with Crippen molar-refractivity contribution in [3.8, 4) is 0 Å². The maximum atomic E-state index is 10.1. The molecule has 0 aromatic rings. The monoisotopic (exact) mass is 436 g/mol. The van der Waals surface area contributed by atoms with Gasteiger partial charge in [0.25, 0.3) is 0 Å². The van der Waals surface area contributed by atoms with Crippen LogP contribution in [0.25, 0.3) is 0 Å². The minimum atomic E-state index is -0.875. The van der Waals surface area contributed by atoms with Gasteiger partial charge >= 0.3 is 11.9 Å². The van der Waals surface area contributed by atoms with Crippen LogP contribution in [-0.4, -0.2) is 45.6 Å². The second-order valence-electron chi connectivity index (χ2n) is 6.04. The van der Waals surface area contributed by atoms with Crippen molar-refractivity contribution in [2.75, 3.05) is 13.2 Å². The van der Waals surface area contributed by atoms with Crippen molar-refractivity contribution in [3.05, 3.63) is 24.3 Å². The molecule has 0 spiro atoms. The number of aliphatic hydroxyl groups is 2. The van der Waals surface area contributed by atoms with Gasteiger partial charge in [0.05, 0.1) is 0 Å². The third-order valence-corrected chi connectivity index (χ3v) is 3.58. The first-order chi connectivity index (χ1) is 12.5. The first kappa shape index (κ1) is 30.7. The zero-order valence-corrected chi connectivity index (χ0v) is 19.5. The predicted octanol–water partition coefficient (Wildman–Crippen LogP) is 3.92. The van der Waals surface area contributed by atoms with E-state index in [2.05, 4.69) is 0 Å². The molecule has 0 aromatic heterocycles. The van der Waals surface area contributed by atoms with Gasteiger partial charge in [-0.1, -0.05) is 50.7 Å². The molecule has 0 aliphatic carbocycles. The summed E-state index contributed by atoms with van der Waals surface area (Å²) in [5, 5.41) is 33.5. The summed E-state index contributed by atoms with van der Waals surface area (Å²) in [7, 11) is 0. The summed E-state index contributed by atoms with van der Waals surface area (Å²) in [5.41, 5.74) is 0.